The Hall–Kier alpha value is -2.95. The topological polar surface area (TPSA) is 145 Å². The molecule has 0 fully saturated rings. The van der Waals surface area contributed by atoms with E-state index in [4.69, 9.17) is 0 Å². The molecule has 0 saturated heterocycles. The van der Waals surface area contributed by atoms with Crippen molar-refractivity contribution >= 4 is 29.0 Å². The van der Waals surface area contributed by atoms with E-state index in [0.29, 0.717) is 5.03 Å². The highest BCUT2D eigenvalue weighted by Gasteiger charge is 2.21. The number of H-pyrrole nitrogens is 1. The van der Waals surface area contributed by atoms with E-state index in [1.807, 2.05) is 0 Å². The third kappa shape index (κ3) is 3.14. The molecule has 1 aromatic carbocycles. The molecule has 0 amide bonds. The van der Waals surface area contributed by atoms with Gasteiger partial charge in [-0.2, -0.15) is 0 Å². The van der Waals surface area contributed by atoms with Crippen LogP contribution < -0.4 is 0 Å². The second kappa shape index (κ2) is 5.58. The molecule has 2 aromatic rings. The van der Waals surface area contributed by atoms with Crippen molar-refractivity contribution in [3.8, 4) is 0 Å². The van der Waals surface area contributed by atoms with E-state index < -0.39 is 26.1 Å². The van der Waals surface area contributed by atoms with E-state index in [0.717, 1.165) is 23.9 Å². The van der Waals surface area contributed by atoms with Gasteiger partial charge < -0.3 is 10.1 Å². The van der Waals surface area contributed by atoms with Gasteiger partial charge in [0.05, 0.1) is 20.8 Å². The third-order valence-electron chi connectivity index (χ3n) is 2.41. The van der Waals surface area contributed by atoms with E-state index in [1.165, 1.54) is 18.2 Å². The minimum absolute atomic E-state index is 0.141. The average Bonchev–Trinajstić information content (AvgIpc) is 2.87. The number of nitrogens with one attached hydrogen (secondary N) is 1. The van der Waals surface area contributed by atoms with Gasteiger partial charge in [-0.3, -0.25) is 20.2 Å². The number of hydrogen-bond donors (Lipinski definition) is 1. The zero-order chi connectivity index (χ0) is 15.6. The molecule has 0 unspecified atom stereocenters. The van der Waals surface area contributed by atoms with Gasteiger partial charge in [-0.15, -0.1) is 0 Å². The SMILES string of the molecule is O=[N+]([O-])c1ccc(Sc2ccc([N+](=O)[O-])[nH]2)c([N+](=O)[O-])c1. The highest BCUT2D eigenvalue weighted by Crippen LogP contribution is 2.37. The number of nitro benzene ring substituents is 2. The predicted octanol–water partition coefficient (Wildman–Crippen LogP) is 2.89. The Morgan fingerprint density at radius 2 is 1.62 bits per heavy atom. The number of benzene rings is 1. The fraction of sp³-hybridized carbons (Fsp3) is 0. The van der Waals surface area contributed by atoms with Gasteiger partial charge >= 0.3 is 5.82 Å². The minimum Gasteiger partial charge on any atom is -0.358 e. The summed E-state index contributed by atoms with van der Waals surface area (Å²) in [5.74, 6) is -0.248. The van der Waals surface area contributed by atoms with Gasteiger partial charge in [0.2, 0.25) is 0 Å². The number of non-ortho nitro benzene ring substituents is 1. The fourth-order valence-electron chi connectivity index (χ4n) is 1.50. The Balaban J connectivity index is 2.36. The van der Waals surface area contributed by atoms with Crippen LogP contribution in [0.1, 0.15) is 0 Å². The normalized spacial score (nSPS) is 10.3. The second-order valence-electron chi connectivity index (χ2n) is 3.73. The molecule has 0 aliphatic heterocycles. The minimum atomic E-state index is -0.743. The van der Waals surface area contributed by atoms with Gasteiger partial charge in [0.15, 0.2) is 5.03 Å². The maximum Gasteiger partial charge on any atom is 0.321 e. The summed E-state index contributed by atoms with van der Waals surface area (Å²) in [6, 6.07) is 5.83. The van der Waals surface area contributed by atoms with Gasteiger partial charge in [-0.1, -0.05) is 0 Å². The molecule has 0 aliphatic rings. The summed E-state index contributed by atoms with van der Waals surface area (Å²) >= 11 is 0.877. The number of nitro groups is 3. The summed E-state index contributed by atoms with van der Waals surface area (Å²) in [5.41, 5.74) is -0.838. The van der Waals surface area contributed by atoms with Crippen LogP contribution in [0.15, 0.2) is 40.3 Å². The van der Waals surface area contributed by atoms with Crippen molar-refractivity contribution in [2.45, 2.75) is 9.92 Å². The van der Waals surface area contributed by atoms with Gasteiger partial charge in [0.25, 0.3) is 11.4 Å². The predicted molar refractivity (Wildman–Crippen MR) is 71.3 cm³/mol. The van der Waals surface area contributed by atoms with Gasteiger partial charge in [-0.25, -0.2) is 4.98 Å². The molecule has 0 bridgehead atoms. The molecule has 0 atom stereocenters. The molecule has 21 heavy (non-hydrogen) atoms. The molecule has 1 aromatic heterocycles. The van der Waals surface area contributed by atoms with Crippen LogP contribution in [0.2, 0.25) is 0 Å². The number of nitrogens with zero attached hydrogens (tertiary/aromatic N) is 3. The Labute approximate surface area is 120 Å². The zero-order valence-corrected chi connectivity index (χ0v) is 10.9. The summed E-state index contributed by atoms with van der Waals surface area (Å²) in [6.07, 6.45) is 0. The van der Waals surface area contributed by atoms with Crippen LogP contribution in [0.25, 0.3) is 0 Å². The summed E-state index contributed by atoms with van der Waals surface area (Å²) in [7, 11) is 0. The third-order valence-corrected chi connectivity index (χ3v) is 3.43. The first kappa shape index (κ1) is 14.5. The summed E-state index contributed by atoms with van der Waals surface area (Å²) in [5, 5.41) is 32.4. The van der Waals surface area contributed by atoms with Crippen LogP contribution in [0.4, 0.5) is 17.2 Å². The molecule has 2 rings (SSSR count). The molecule has 0 spiro atoms. The molecular weight excluding hydrogens is 304 g/mol. The number of hydrogen-bond acceptors (Lipinski definition) is 7. The monoisotopic (exact) mass is 310 g/mol. The quantitative estimate of drug-likeness (QED) is 0.659. The van der Waals surface area contributed by atoms with Crippen LogP contribution in [0, 0.1) is 30.3 Å². The Kier molecular flexibility index (Phi) is 3.84. The highest BCUT2D eigenvalue weighted by atomic mass is 32.2. The Bertz CT molecular complexity index is 743. The lowest BCUT2D eigenvalue weighted by Crippen LogP contribution is -1.94. The first-order valence-electron chi connectivity index (χ1n) is 5.32. The van der Waals surface area contributed by atoms with Gasteiger partial charge in [-0.05, 0) is 22.8 Å². The van der Waals surface area contributed by atoms with Crippen LogP contribution in [0.3, 0.4) is 0 Å². The molecular formula is C10H6N4O6S. The van der Waals surface area contributed by atoms with Crippen molar-refractivity contribution in [1.82, 2.24) is 4.98 Å². The zero-order valence-electron chi connectivity index (χ0n) is 10.1. The van der Waals surface area contributed by atoms with Crippen molar-refractivity contribution in [1.29, 1.82) is 0 Å². The summed E-state index contributed by atoms with van der Waals surface area (Å²) in [6.45, 7) is 0. The number of aromatic nitrogens is 1. The van der Waals surface area contributed by atoms with E-state index >= 15 is 0 Å². The lowest BCUT2D eigenvalue weighted by atomic mass is 10.3. The largest absolute Gasteiger partial charge is 0.358 e. The number of aromatic amines is 1. The van der Waals surface area contributed by atoms with E-state index in [1.54, 1.807) is 0 Å². The molecule has 0 radical (unpaired) electrons. The maximum absolute atomic E-state index is 11.0. The summed E-state index contributed by atoms with van der Waals surface area (Å²) < 4.78 is 0. The van der Waals surface area contributed by atoms with Crippen molar-refractivity contribution in [2.75, 3.05) is 0 Å². The van der Waals surface area contributed by atoms with Crippen molar-refractivity contribution in [3.63, 3.8) is 0 Å². The number of rotatable bonds is 5. The molecule has 1 heterocycles. The first-order valence-corrected chi connectivity index (χ1v) is 6.14. The average molecular weight is 310 g/mol. The molecule has 0 saturated carbocycles. The van der Waals surface area contributed by atoms with Crippen LogP contribution in [-0.4, -0.2) is 19.8 Å². The van der Waals surface area contributed by atoms with E-state index in [9.17, 15) is 30.3 Å². The lowest BCUT2D eigenvalue weighted by molar-refractivity contribution is -0.396. The molecule has 108 valence electrons. The van der Waals surface area contributed by atoms with Gasteiger partial charge in [0.1, 0.15) is 0 Å². The lowest BCUT2D eigenvalue weighted by Gasteiger charge is -1.99. The van der Waals surface area contributed by atoms with Crippen molar-refractivity contribution in [3.05, 3.63) is 60.7 Å². The van der Waals surface area contributed by atoms with Crippen LogP contribution in [-0.2, 0) is 0 Å². The molecule has 10 nitrogen and oxygen atoms in total. The Morgan fingerprint density at radius 1 is 0.905 bits per heavy atom. The fourth-order valence-corrected chi connectivity index (χ4v) is 2.40. The maximum atomic E-state index is 11.0. The van der Waals surface area contributed by atoms with E-state index in [2.05, 4.69) is 4.98 Å². The highest BCUT2D eigenvalue weighted by molar-refractivity contribution is 7.99. The van der Waals surface area contributed by atoms with Crippen molar-refractivity contribution in [2.24, 2.45) is 0 Å². The molecule has 0 aliphatic carbocycles. The van der Waals surface area contributed by atoms with Crippen LogP contribution >= 0.6 is 11.8 Å². The van der Waals surface area contributed by atoms with E-state index in [-0.39, 0.29) is 10.7 Å². The molecule has 1 N–H and O–H groups in total. The standard InChI is InChI=1S/C10H6N4O6S/c15-12(16)6-1-2-8(7(5-6)13(17)18)21-10-4-3-9(11-10)14(19)20/h1-5,11H. The smallest absolute Gasteiger partial charge is 0.321 e. The van der Waals surface area contributed by atoms with Crippen molar-refractivity contribution < 1.29 is 14.8 Å². The summed E-state index contributed by atoms with van der Waals surface area (Å²) in [4.78, 5) is 32.6. The van der Waals surface area contributed by atoms with Gasteiger partial charge in [0, 0.05) is 18.2 Å². The Morgan fingerprint density at radius 3 is 2.14 bits per heavy atom. The first-order chi connectivity index (χ1) is 9.88. The van der Waals surface area contributed by atoms with Crippen LogP contribution in [0.5, 0.6) is 0 Å². The molecule has 11 heteroatoms. The second-order valence-corrected chi connectivity index (χ2v) is 4.82.